The van der Waals surface area contributed by atoms with Gasteiger partial charge in [0.1, 0.15) is 5.52 Å². The summed E-state index contributed by atoms with van der Waals surface area (Å²) in [4.78, 5) is 23.2. The number of carbonyl (C=O) groups excluding carboxylic acids is 1. The highest BCUT2D eigenvalue weighted by Gasteiger charge is 2.27. The lowest BCUT2D eigenvalue weighted by Crippen LogP contribution is -2.40. The van der Waals surface area contributed by atoms with Crippen molar-refractivity contribution in [2.45, 2.75) is 19.4 Å². The number of carbonyl (C=O) groups is 1. The first-order valence-corrected chi connectivity index (χ1v) is 9.05. The molecule has 1 aromatic carbocycles. The molecule has 1 saturated heterocycles. The average Bonchev–Trinajstić information content (AvgIpc) is 3.10. The van der Waals surface area contributed by atoms with Crippen molar-refractivity contribution in [2.75, 3.05) is 18.0 Å². The Kier molecular flexibility index (Phi) is 4.75. The Morgan fingerprint density at radius 2 is 2.12 bits per heavy atom. The standard InChI is InChI=1S/C19H19ClN4O2/c20-14-4-5-16-17(11-14)26-19(23-16)24-9-6-13(7-10-24)18(25)22-12-15-3-1-2-8-21-15/h1-5,8,11,13H,6-7,9-10,12H2,(H,22,25). The van der Waals surface area contributed by atoms with Crippen molar-refractivity contribution in [3.8, 4) is 0 Å². The smallest absolute Gasteiger partial charge is 0.298 e. The Hall–Kier alpha value is -2.60. The number of oxazole rings is 1. The van der Waals surface area contributed by atoms with E-state index in [1.807, 2.05) is 24.3 Å². The van der Waals surface area contributed by atoms with Crippen LogP contribution in [0.3, 0.4) is 0 Å². The minimum atomic E-state index is 0.00813. The van der Waals surface area contributed by atoms with Crippen LogP contribution >= 0.6 is 11.6 Å². The van der Waals surface area contributed by atoms with E-state index >= 15 is 0 Å². The Balaban J connectivity index is 1.33. The summed E-state index contributed by atoms with van der Waals surface area (Å²) in [7, 11) is 0. The number of hydrogen-bond donors (Lipinski definition) is 1. The molecule has 1 fully saturated rings. The molecule has 3 heterocycles. The number of piperidine rings is 1. The van der Waals surface area contributed by atoms with Gasteiger partial charge in [-0.05, 0) is 37.1 Å². The van der Waals surface area contributed by atoms with E-state index in [1.54, 1.807) is 18.3 Å². The number of nitrogens with zero attached hydrogens (tertiary/aromatic N) is 3. The Morgan fingerprint density at radius 1 is 1.27 bits per heavy atom. The van der Waals surface area contributed by atoms with Gasteiger partial charge in [0.05, 0.1) is 12.2 Å². The van der Waals surface area contributed by atoms with Crippen molar-refractivity contribution in [1.82, 2.24) is 15.3 Å². The molecule has 3 aromatic rings. The molecule has 0 radical (unpaired) electrons. The summed E-state index contributed by atoms with van der Waals surface area (Å²) < 4.78 is 5.81. The van der Waals surface area contributed by atoms with E-state index in [2.05, 4.69) is 20.2 Å². The predicted molar refractivity (Wildman–Crippen MR) is 100 cm³/mol. The molecule has 2 aromatic heterocycles. The summed E-state index contributed by atoms with van der Waals surface area (Å²) in [6.45, 7) is 1.94. The van der Waals surface area contributed by atoms with Gasteiger partial charge in [0.15, 0.2) is 5.58 Å². The molecule has 1 aliphatic heterocycles. The summed E-state index contributed by atoms with van der Waals surface area (Å²) >= 11 is 5.99. The molecule has 134 valence electrons. The average molecular weight is 371 g/mol. The predicted octanol–water partition coefficient (Wildman–Crippen LogP) is 3.41. The Bertz CT molecular complexity index is 904. The van der Waals surface area contributed by atoms with E-state index in [0.29, 0.717) is 23.2 Å². The fourth-order valence-corrected chi connectivity index (χ4v) is 3.34. The number of amides is 1. The first-order valence-electron chi connectivity index (χ1n) is 8.68. The number of anilines is 1. The summed E-state index contributed by atoms with van der Waals surface area (Å²) in [6, 6.07) is 11.7. The van der Waals surface area contributed by atoms with E-state index < -0.39 is 0 Å². The van der Waals surface area contributed by atoms with Crippen LogP contribution in [0.15, 0.2) is 47.0 Å². The first-order chi connectivity index (χ1) is 12.7. The van der Waals surface area contributed by atoms with Crippen molar-refractivity contribution in [1.29, 1.82) is 0 Å². The minimum absolute atomic E-state index is 0.00813. The summed E-state index contributed by atoms with van der Waals surface area (Å²) in [5.74, 6) is 0.0911. The second kappa shape index (κ2) is 7.33. The largest absolute Gasteiger partial charge is 0.423 e. The molecule has 1 amide bonds. The van der Waals surface area contributed by atoms with Crippen LogP contribution < -0.4 is 10.2 Å². The number of aromatic nitrogens is 2. The van der Waals surface area contributed by atoms with Gasteiger partial charge < -0.3 is 14.6 Å². The quantitative estimate of drug-likeness (QED) is 0.762. The normalized spacial score (nSPS) is 15.3. The SMILES string of the molecule is O=C(NCc1ccccn1)C1CCN(c2nc3ccc(Cl)cc3o2)CC1. The van der Waals surface area contributed by atoms with E-state index in [1.165, 1.54) is 0 Å². The number of benzene rings is 1. The van der Waals surface area contributed by atoms with Gasteiger partial charge in [-0.25, -0.2) is 0 Å². The molecule has 0 atom stereocenters. The maximum atomic E-state index is 12.4. The molecule has 1 N–H and O–H groups in total. The number of hydrogen-bond acceptors (Lipinski definition) is 5. The fraction of sp³-hybridized carbons (Fsp3) is 0.316. The van der Waals surface area contributed by atoms with E-state index in [9.17, 15) is 4.79 Å². The number of halogens is 1. The molecule has 0 spiro atoms. The van der Waals surface area contributed by atoms with Gasteiger partial charge in [-0.3, -0.25) is 9.78 Å². The fourth-order valence-electron chi connectivity index (χ4n) is 3.18. The van der Waals surface area contributed by atoms with Crippen LogP contribution in [-0.4, -0.2) is 29.0 Å². The highest BCUT2D eigenvalue weighted by molar-refractivity contribution is 6.31. The summed E-state index contributed by atoms with van der Waals surface area (Å²) in [6.07, 6.45) is 3.27. The molecule has 6 nitrogen and oxygen atoms in total. The third kappa shape index (κ3) is 3.65. The maximum Gasteiger partial charge on any atom is 0.298 e. The molecule has 7 heteroatoms. The van der Waals surface area contributed by atoms with Crippen molar-refractivity contribution in [3.63, 3.8) is 0 Å². The zero-order valence-electron chi connectivity index (χ0n) is 14.2. The van der Waals surface area contributed by atoms with Gasteiger partial charge in [-0.2, -0.15) is 4.98 Å². The zero-order chi connectivity index (χ0) is 17.9. The van der Waals surface area contributed by atoms with Crippen LogP contribution in [0.1, 0.15) is 18.5 Å². The first kappa shape index (κ1) is 16.8. The van der Waals surface area contributed by atoms with Gasteiger partial charge in [0.2, 0.25) is 5.91 Å². The lowest BCUT2D eigenvalue weighted by atomic mass is 9.96. The molecule has 26 heavy (non-hydrogen) atoms. The topological polar surface area (TPSA) is 71.3 Å². The number of rotatable bonds is 4. The molecule has 4 rings (SSSR count). The van der Waals surface area contributed by atoms with E-state index in [-0.39, 0.29) is 11.8 Å². The lowest BCUT2D eigenvalue weighted by Gasteiger charge is -2.30. The zero-order valence-corrected chi connectivity index (χ0v) is 14.9. The van der Waals surface area contributed by atoms with Crippen LogP contribution in [-0.2, 0) is 11.3 Å². The van der Waals surface area contributed by atoms with Gasteiger partial charge in [-0.1, -0.05) is 17.7 Å². The lowest BCUT2D eigenvalue weighted by molar-refractivity contribution is -0.125. The third-order valence-corrected chi connectivity index (χ3v) is 4.88. The second-order valence-corrected chi connectivity index (χ2v) is 6.85. The molecule has 0 aliphatic carbocycles. The van der Waals surface area contributed by atoms with Gasteiger partial charge in [0, 0.05) is 36.3 Å². The maximum absolute atomic E-state index is 12.4. The van der Waals surface area contributed by atoms with Crippen LogP contribution in [0.4, 0.5) is 6.01 Å². The van der Waals surface area contributed by atoms with Crippen molar-refractivity contribution in [3.05, 3.63) is 53.3 Å². The number of nitrogens with one attached hydrogen (secondary N) is 1. The van der Waals surface area contributed by atoms with Crippen LogP contribution in [0.2, 0.25) is 5.02 Å². The molecule has 0 bridgehead atoms. The molecular formula is C19H19ClN4O2. The number of pyridine rings is 1. The van der Waals surface area contributed by atoms with Crippen LogP contribution in [0.5, 0.6) is 0 Å². The van der Waals surface area contributed by atoms with Crippen molar-refractivity contribution >= 4 is 34.6 Å². The van der Waals surface area contributed by atoms with Gasteiger partial charge in [0.25, 0.3) is 6.01 Å². The minimum Gasteiger partial charge on any atom is -0.423 e. The second-order valence-electron chi connectivity index (χ2n) is 6.41. The monoisotopic (exact) mass is 370 g/mol. The third-order valence-electron chi connectivity index (χ3n) is 4.65. The van der Waals surface area contributed by atoms with Crippen LogP contribution in [0, 0.1) is 5.92 Å². The van der Waals surface area contributed by atoms with Crippen LogP contribution in [0.25, 0.3) is 11.1 Å². The molecule has 0 unspecified atom stereocenters. The van der Waals surface area contributed by atoms with Gasteiger partial charge >= 0.3 is 0 Å². The number of fused-ring (bicyclic) bond motifs is 1. The Labute approximate surface area is 156 Å². The Morgan fingerprint density at radius 3 is 2.88 bits per heavy atom. The summed E-state index contributed by atoms with van der Waals surface area (Å²) in [5.41, 5.74) is 2.34. The molecular weight excluding hydrogens is 352 g/mol. The van der Waals surface area contributed by atoms with E-state index in [0.717, 1.165) is 37.1 Å². The molecule has 0 saturated carbocycles. The van der Waals surface area contributed by atoms with Crippen molar-refractivity contribution in [2.24, 2.45) is 5.92 Å². The highest BCUT2D eigenvalue weighted by atomic mass is 35.5. The summed E-state index contributed by atoms with van der Waals surface area (Å²) in [5, 5.41) is 3.61. The highest BCUT2D eigenvalue weighted by Crippen LogP contribution is 2.28. The molecule has 1 aliphatic rings. The van der Waals surface area contributed by atoms with Crippen molar-refractivity contribution < 1.29 is 9.21 Å². The van der Waals surface area contributed by atoms with Gasteiger partial charge in [-0.15, -0.1) is 0 Å². The van der Waals surface area contributed by atoms with E-state index in [4.69, 9.17) is 16.0 Å².